The summed E-state index contributed by atoms with van der Waals surface area (Å²) in [6.45, 7) is 3.64. The summed E-state index contributed by atoms with van der Waals surface area (Å²) in [6.07, 6.45) is 1.90. The minimum atomic E-state index is 0.702. The van der Waals surface area contributed by atoms with Gasteiger partial charge in [-0.15, -0.1) is 11.3 Å². The molecule has 124 valence electrons. The zero-order chi connectivity index (χ0) is 16.5. The summed E-state index contributed by atoms with van der Waals surface area (Å²) in [7, 11) is 3.45. The third-order valence-electron chi connectivity index (χ3n) is 3.39. The number of ether oxygens (including phenoxy) is 1. The number of hydrogen-bond donors (Lipinski definition) is 2. The summed E-state index contributed by atoms with van der Waals surface area (Å²) in [5, 5.41) is 9.95. The van der Waals surface area contributed by atoms with E-state index < -0.39 is 0 Å². The average molecular weight is 332 g/mol. The molecule has 1 aromatic carbocycles. The number of nitrogens with one attached hydrogen (secondary N) is 2. The van der Waals surface area contributed by atoms with Crippen LogP contribution in [0.3, 0.4) is 0 Å². The van der Waals surface area contributed by atoms with Crippen LogP contribution >= 0.6 is 11.3 Å². The highest BCUT2D eigenvalue weighted by molar-refractivity contribution is 7.09. The van der Waals surface area contributed by atoms with Gasteiger partial charge in [-0.2, -0.15) is 0 Å². The maximum absolute atomic E-state index is 5.23. The zero-order valence-corrected chi connectivity index (χ0v) is 14.7. The van der Waals surface area contributed by atoms with E-state index in [0.29, 0.717) is 6.54 Å². The molecule has 1 aromatic heterocycles. The van der Waals surface area contributed by atoms with Gasteiger partial charge in [0.1, 0.15) is 5.75 Å². The van der Waals surface area contributed by atoms with Crippen LogP contribution in [0.15, 0.2) is 34.6 Å². The fourth-order valence-corrected chi connectivity index (χ4v) is 2.90. The maximum atomic E-state index is 5.23. The van der Waals surface area contributed by atoms with Crippen molar-refractivity contribution in [3.8, 4) is 5.75 Å². The van der Waals surface area contributed by atoms with Crippen molar-refractivity contribution in [1.29, 1.82) is 0 Å². The van der Waals surface area contributed by atoms with Crippen LogP contribution in [0.1, 0.15) is 23.2 Å². The Morgan fingerprint density at radius 1 is 1.35 bits per heavy atom. The van der Waals surface area contributed by atoms with Crippen molar-refractivity contribution in [2.24, 2.45) is 4.99 Å². The normalized spacial score (nSPS) is 11.3. The summed E-state index contributed by atoms with van der Waals surface area (Å²) in [6, 6.07) is 8.00. The summed E-state index contributed by atoms with van der Waals surface area (Å²) >= 11 is 1.73. The minimum Gasteiger partial charge on any atom is -0.497 e. The van der Waals surface area contributed by atoms with E-state index in [1.54, 1.807) is 25.5 Å². The molecule has 2 rings (SSSR count). The summed E-state index contributed by atoms with van der Waals surface area (Å²) in [5.74, 6) is 1.65. The number of guanidine groups is 1. The molecule has 5 nitrogen and oxygen atoms in total. The molecule has 0 aliphatic heterocycles. The first-order valence-corrected chi connectivity index (χ1v) is 8.63. The smallest absolute Gasteiger partial charge is 0.191 e. The van der Waals surface area contributed by atoms with Crippen molar-refractivity contribution in [1.82, 2.24) is 15.6 Å². The summed E-state index contributed by atoms with van der Waals surface area (Å²) < 4.78 is 5.23. The minimum absolute atomic E-state index is 0.702. The van der Waals surface area contributed by atoms with Crippen LogP contribution in [0.5, 0.6) is 5.75 Å². The van der Waals surface area contributed by atoms with Crippen LogP contribution in [-0.2, 0) is 19.4 Å². The predicted molar refractivity (Wildman–Crippen MR) is 96.4 cm³/mol. The lowest BCUT2D eigenvalue weighted by Crippen LogP contribution is -2.37. The fourth-order valence-electron chi connectivity index (χ4n) is 2.12. The number of aromatic nitrogens is 1. The Kier molecular flexibility index (Phi) is 6.87. The monoisotopic (exact) mass is 332 g/mol. The number of aliphatic imine (C=N–C) groups is 1. The number of benzene rings is 1. The van der Waals surface area contributed by atoms with Crippen LogP contribution < -0.4 is 15.4 Å². The fraction of sp³-hybridized carbons (Fsp3) is 0.412. The molecular weight excluding hydrogens is 308 g/mol. The Hall–Kier alpha value is -2.08. The van der Waals surface area contributed by atoms with Gasteiger partial charge in [0.25, 0.3) is 0 Å². The molecule has 0 radical (unpaired) electrons. The molecule has 0 unspecified atom stereocenters. The molecule has 0 aliphatic carbocycles. The van der Waals surface area contributed by atoms with Gasteiger partial charge in [0.2, 0.25) is 0 Å². The second-order valence-corrected chi connectivity index (χ2v) is 5.98. The van der Waals surface area contributed by atoms with E-state index in [0.717, 1.165) is 42.4 Å². The Bertz CT molecular complexity index is 639. The first kappa shape index (κ1) is 17.3. The molecule has 2 N–H and O–H groups in total. The molecule has 2 aromatic rings. The van der Waals surface area contributed by atoms with Crippen LogP contribution in [0.4, 0.5) is 0 Å². The first-order valence-electron chi connectivity index (χ1n) is 7.76. The maximum Gasteiger partial charge on any atom is 0.191 e. The summed E-state index contributed by atoms with van der Waals surface area (Å²) in [5.41, 5.74) is 2.29. The second-order valence-electron chi connectivity index (χ2n) is 5.04. The van der Waals surface area contributed by atoms with Gasteiger partial charge >= 0.3 is 0 Å². The molecule has 23 heavy (non-hydrogen) atoms. The molecule has 6 heteroatoms. The topological polar surface area (TPSA) is 58.5 Å². The highest BCUT2D eigenvalue weighted by atomic mass is 32.1. The quantitative estimate of drug-likeness (QED) is 0.604. The lowest BCUT2D eigenvalue weighted by atomic mass is 10.2. The van der Waals surface area contributed by atoms with Gasteiger partial charge in [-0.25, -0.2) is 4.98 Å². The van der Waals surface area contributed by atoms with Crippen LogP contribution in [-0.4, -0.2) is 31.6 Å². The summed E-state index contributed by atoms with van der Waals surface area (Å²) in [4.78, 5) is 8.81. The van der Waals surface area contributed by atoms with E-state index in [9.17, 15) is 0 Å². The van der Waals surface area contributed by atoms with Gasteiger partial charge in [-0.05, 0) is 24.1 Å². The van der Waals surface area contributed by atoms with E-state index in [1.807, 2.05) is 18.2 Å². The first-order chi connectivity index (χ1) is 11.2. The van der Waals surface area contributed by atoms with Gasteiger partial charge in [0.15, 0.2) is 5.96 Å². The van der Waals surface area contributed by atoms with E-state index in [4.69, 9.17) is 4.74 Å². The van der Waals surface area contributed by atoms with E-state index in [1.165, 1.54) is 5.01 Å². The second kappa shape index (κ2) is 9.15. The SMILES string of the molecule is CCc1nc(CCNC(=NC)NCc2cccc(OC)c2)cs1. The van der Waals surface area contributed by atoms with Gasteiger partial charge < -0.3 is 15.4 Å². The van der Waals surface area contributed by atoms with E-state index in [-0.39, 0.29) is 0 Å². The van der Waals surface area contributed by atoms with Crippen molar-refractivity contribution >= 4 is 17.3 Å². The molecule has 1 heterocycles. The zero-order valence-electron chi connectivity index (χ0n) is 13.9. The Balaban J connectivity index is 1.76. The lowest BCUT2D eigenvalue weighted by molar-refractivity contribution is 0.414. The number of hydrogen-bond acceptors (Lipinski definition) is 4. The standard InChI is InChI=1S/C17H24N4OS/c1-4-16-21-14(12-23-16)8-9-19-17(18-2)20-11-13-6-5-7-15(10-13)22-3/h5-7,10,12H,4,8-9,11H2,1-3H3,(H2,18,19,20). The Labute approximate surface area is 141 Å². The molecule has 0 spiro atoms. The third kappa shape index (κ3) is 5.56. The molecule has 0 fully saturated rings. The van der Waals surface area contributed by atoms with Crippen molar-refractivity contribution in [2.45, 2.75) is 26.3 Å². The molecule has 0 saturated carbocycles. The van der Waals surface area contributed by atoms with Crippen molar-refractivity contribution in [3.63, 3.8) is 0 Å². The highest BCUT2D eigenvalue weighted by Gasteiger charge is 2.02. The van der Waals surface area contributed by atoms with Gasteiger partial charge in [-0.3, -0.25) is 4.99 Å². The van der Waals surface area contributed by atoms with Crippen LogP contribution in [0.2, 0.25) is 0 Å². The van der Waals surface area contributed by atoms with Crippen LogP contribution in [0.25, 0.3) is 0 Å². The van der Waals surface area contributed by atoms with Crippen molar-refractivity contribution in [3.05, 3.63) is 45.9 Å². The Morgan fingerprint density at radius 3 is 2.91 bits per heavy atom. The number of thiazole rings is 1. The van der Waals surface area contributed by atoms with E-state index in [2.05, 4.69) is 39.0 Å². The molecule has 0 saturated heterocycles. The Morgan fingerprint density at radius 2 is 2.22 bits per heavy atom. The van der Waals surface area contributed by atoms with Crippen LogP contribution in [0, 0.1) is 0 Å². The van der Waals surface area contributed by atoms with Gasteiger partial charge in [0.05, 0.1) is 17.8 Å². The predicted octanol–water partition coefficient (Wildman–Crippen LogP) is 2.62. The van der Waals surface area contributed by atoms with E-state index >= 15 is 0 Å². The number of methoxy groups -OCH3 is 1. The molecule has 0 amide bonds. The van der Waals surface area contributed by atoms with Crippen molar-refractivity contribution in [2.75, 3.05) is 20.7 Å². The number of aryl methyl sites for hydroxylation is 1. The van der Waals surface area contributed by atoms with Gasteiger partial charge in [-0.1, -0.05) is 19.1 Å². The highest BCUT2D eigenvalue weighted by Crippen LogP contribution is 2.12. The molecule has 0 atom stereocenters. The average Bonchev–Trinajstić information content (AvgIpc) is 3.06. The largest absolute Gasteiger partial charge is 0.497 e. The molecule has 0 aliphatic rings. The number of nitrogens with zero attached hydrogens (tertiary/aromatic N) is 2. The third-order valence-corrected chi connectivity index (χ3v) is 4.44. The number of rotatable bonds is 7. The van der Waals surface area contributed by atoms with Gasteiger partial charge in [0, 0.05) is 31.9 Å². The lowest BCUT2D eigenvalue weighted by Gasteiger charge is -2.12. The van der Waals surface area contributed by atoms with Crippen molar-refractivity contribution < 1.29 is 4.74 Å². The molecular formula is C17H24N4OS. The molecule has 0 bridgehead atoms.